The van der Waals surface area contributed by atoms with Crippen molar-refractivity contribution in [1.82, 2.24) is 14.5 Å². The number of oxazole rings is 1. The molecule has 0 atom stereocenters. The predicted octanol–water partition coefficient (Wildman–Crippen LogP) is 3.18. The summed E-state index contributed by atoms with van der Waals surface area (Å²) >= 11 is 0. The van der Waals surface area contributed by atoms with E-state index >= 15 is 0 Å². The largest absolute Gasteiger partial charge is 0.426 e. The first-order valence-electron chi connectivity index (χ1n) is 6.90. The van der Waals surface area contributed by atoms with Crippen molar-refractivity contribution < 1.29 is 8.81 Å². The van der Waals surface area contributed by atoms with Gasteiger partial charge in [-0.2, -0.15) is 0 Å². The van der Waals surface area contributed by atoms with Crippen molar-refractivity contribution in [3.63, 3.8) is 0 Å². The zero-order valence-corrected chi connectivity index (χ0v) is 11.8. The van der Waals surface area contributed by atoms with Gasteiger partial charge in [0, 0.05) is 23.3 Å². The van der Waals surface area contributed by atoms with Crippen LogP contribution in [0, 0.1) is 5.82 Å². The van der Waals surface area contributed by atoms with E-state index in [1.54, 1.807) is 36.7 Å². The van der Waals surface area contributed by atoms with Crippen LogP contribution >= 0.6 is 0 Å². The van der Waals surface area contributed by atoms with Gasteiger partial charge in [0.1, 0.15) is 17.0 Å². The fraction of sp³-hybridized carbons (Fsp3) is 0. The average molecular weight is 307 g/mol. The second-order valence-electron chi connectivity index (χ2n) is 4.95. The minimum atomic E-state index is -0.342. The summed E-state index contributed by atoms with van der Waals surface area (Å²) in [5.74, 6) is -0.0694. The van der Waals surface area contributed by atoms with Crippen LogP contribution in [-0.2, 0) is 0 Å². The third-order valence-corrected chi connectivity index (χ3v) is 3.55. The number of hydrogen-bond acceptors (Lipinski definition) is 4. The molecule has 3 heterocycles. The summed E-state index contributed by atoms with van der Waals surface area (Å²) in [5, 5.41) is 0.747. The van der Waals surface area contributed by atoms with Gasteiger partial charge in [-0.1, -0.05) is 6.07 Å². The number of nitrogens with zero attached hydrogens (tertiary/aromatic N) is 3. The van der Waals surface area contributed by atoms with Crippen molar-refractivity contribution >= 4 is 10.9 Å². The van der Waals surface area contributed by atoms with Crippen molar-refractivity contribution in [2.24, 2.45) is 0 Å². The lowest BCUT2D eigenvalue weighted by Crippen LogP contribution is -2.18. The summed E-state index contributed by atoms with van der Waals surface area (Å²) in [6, 6.07) is 11.2. The highest BCUT2D eigenvalue weighted by Crippen LogP contribution is 2.25. The van der Waals surface area contributed by atoms with Gasteiger partial charge in [-0.25, -0.2) is 9.37 Å². The van der Waals surface area contributed by atoms with E-state index < -0.39 is 0 Å². The van der Waals surface area contributed by atoms with Crippen molar-refractivity contribution in [2.45, 2.75) is 0 Å². The van der Waals surface area contributed by atoms with Crippen LogP contribution in [0.25, 0.3) is 28.0 Å². The molecule has 0 aliphatic heterocycles. The van der Waals surface area contributed by atoms with Crippen molar-refractivity contribution in [3.05, 3.63) is 77.4 Å². The Morgan fingerprint density at radius 1 is 1.04 bits per heavy atom. The summed E-state index contributed by atoms with van der Waals surface area (Å²) < 4.78 is 19.8. The number of fused-ring (bicyclic) bond motifs is 1. The molecular weight excluding hydrogens is 297 g/mol. The molecule has 0 bridgehead atoms. The smallest absolute Gasteiger partial charge is 0.283 e. The first kappa shape index (κ1) is 13.4. The highest BCUT2D eigenvalue weighted by Gasteiger charge is 2.15. The van der Waals surface area contributed by atoms with E-state index in [0.29, 0.717) is 16.8 Å². The van der Waals surface area contributed by atoms with E-state index in [2.05, 4.69) is 9.97 Å². The van der Waals surface area contributed by atoms with Gasteiger partial charge in [-0.3, -0.25) is 14.3 Å². The molecule has 0 aliphatic rings. The maximum Gasteiger partial charge on any atom is 0.283 e. The van der Waals surface area contributed by atoms with Crippen LogP contribution in [0.5, 0.6) is 0 Å². The van der Waals surface area contributed by atoms with Crippen LogP contribution in [0.3, 0.4) is 0 Å². The molecule has 3 aromatic heterocycles. The molecule has 112 valence electrons. The summed E-state index contributed by atoms with van der Waals surface area (Å²) in [4.78, 5) is 20.9. The number of halogens is 1. The lowest BCUT2D eigenvalue weighted by atomic mass is 10.1. The molecule has 1 aromatic carbocycles. The topological polar surface area (TPSA) is 60.9 Å². The average Bonchev–Trinajstić information content (AvgIpc) is 3.05. The third kappa shape index (κ3) is 2.20. The van der Waals surface area contributed by atoms with Crippen LogP contribution in [0.2, 0.25) is 0 Å². The van der Waals surface area contributed by atoms with E-state index in [0.717, 1.165) is 5.39 Å². The summed E-state index contributed by atoms with van der Waals surface area (Å²) in [5.41, 5.74) is 1.16. The fourth-order valence-electron chi connectivity index (χ4n) is 2.44. The molecule has 0 aliphatic carbocycles. The normalized spacial score (nSPS) is 11.0. The molecule has 0 amide bonds. The van der Waals surface area contributed by atoms with Crippen LogP contribution in [0.4, 0.5) is 4.39 Å². The molecule has 0 N–H and O–H groups in total. The number of pyridine rings is 2. The minimum Gasteiger partial charge on any atom is -0.426 e. The summed E-state index contributed by atoms with van der Waals surface area (Å²) in [6.45, 7) is 0. The number of rotatable bonds is 2. The van der Waals surface area contributed by atoms with Gasteiger partial charge in [0.15, 0.2) is 6.39 Å². The lowest BCUT2D eigenvalue weighted by Gasteiger charge is -2.05. The minimum absolute atomic E-state index is 0.272. The third-order valence-electron chi connectivity index (χ3n) is 3.55. The Morgan fingerprint density at radius 2 is 1.87 bits per heavy atom. The summed E-state index contributed by atoms with van der Waals surface area (Å²) in [7, 11) is 0. The second kappa shape index (κ2) is 5.17. The molecule has 0 radical (unpaired) electrons. The standard InChI is InChI=1S/C17H10FN3O2/c18-13-5-3-12(4-6-13)15-17(23-10-20-15)21-9-7-11-2-1-8-19-14(11)16(21)22/h1-10H. The Morgan fingerprint density at radius 3 is 2.70 bits per heavy atom. The number of hydrogen-bond donors (Lipinski definition) is 0. The molecule has 4 aromatic rings. The van der Waals surface area contributed by atoms with E-state index in [9.17, 15) is 9.18 Å². The van der Waals surface area contributed by atoms with Gasteiger partial charge in [0.25, 0.3) is 5.56 Å². The van der Waals surface area contributed by atoms with Crippen LogP contribution in [0.15, 0.2) is 70.5 Å². The Balaban J connectivity index is 1.93. The number of aromatic nitrogens is 3. The molecular formula is C17H10FN3O2. The van der Waals surface area contributed by atoms with Gasteiger partial charge in [-0.05, 0) is 36.4 Å². The van der Waals surface area contributed by atoms with Gasteiger partial charge in [0.05, 0.1) is 0 Å². The van der Waals surface area contributed by atoms with Crippen LogP contribution in [-0.4, -0.2) is 14.5 Å². The SMILES string of the molecule is O=c1c2ncccc2ccn1-c1ocnc1-c1ccc(F)cc1. The molecule has 4 rings (SSSR count). The Hall–Kier alpha value is -3.28. The fourth-order valence-corrected chi connectivity index (χ4v) is 2.44. The van der Waals surface area contributed by atoms with Crippen molar-refractivity contribution in [3.8, 4) is 17.1 Å². The first-order valence-corrected chi connectivity index (χ1v) is 6.90. The molecule has 6 heteroatoms. The van der Waals surface area contributed by atoms with Crippen molar-refractivity contribution in [2.75, 3.05) is 0 Å². The molecule has 0 saturated heterocycles. The maximum atomic E-state index is 13.1. The van der Waals surface area contributed by atoms with Gasteiger partial charge in [-0.15, -0.1) is 0 Å². The quantitative estimate of drug-likeness (QED) is 0.570. The number of benzene rings is 1. The molecule has 0 spiro atoms. The van der Waals surface area contributed by atoms with Gasteiger partial charge >= 0.3 is 0 Å². The zero-order chi connectivity index (χ0) is 15.8. The zero-order valence-electron chi connectivity index (χ0n) is 11.8. The van der Waals surface area contributed by atoms with Gasteiger partial charge in [0.2, 0.25) is 5.88 Å². The highest BCUT2D eigenvalue weighted by atomic mass is 19.1. The molecule has 0 fully saturated rings. The predicted molar refractivity (Wildman–Crippen MR) is 82.8 cm³/mol. The molecule has 0 saturated carbocycles. The van der Waals surface area contributed by atoms with E-state index in [1.165, 1.54) is 23.1 Å². The lowest BCUT2D eigenvalue weighted by molar-refractivity contribution is 0.528. The molecule has 0 unspecified atom stereocenters. The van der Waals surface area contributed by atoms with Crippen LogP contribution < -0.4 is 5.56 Å². The summed E-state index contributed by atoms with van der Waals surface area (Å²) in [6.07, 6.45) is 4.43. The van der Waals surface area contributed by atoms with Crippen molar-refractivity contribution in [1.29, 1.82) is 0 Å². The monoisotopic (exact) mass is 307 g/mol. The van der Waals surface area contributed by atoms with E-state index in [-0.39, 0.29) is 17.3 Å². The van der Waals surface area contributed by atoms with E-state index in [1.807, 2.05) is 6.07 Å². The Kier molecular flexibility index (Phi) is 3.01. The second-order valence-corrected chi connectivity index (χ2v) is 4.95. The van der Waals surface area contributed by atoms with E-state index in [4.69, 9.17) is 4.42 Å². The maximum absolute atomic E-state index is 13.1. The van der Waals surface area contributed by atoms with Crippen LogP contribution in [0.1, 0.15) is 0 Å². The first-order chi connectivity index (χ1) is 11.2. The Labute approximate surface area is 129 Å². The Bertz CT molecular complexity index is 1050. The van der Waals surface area contributed by atoms with Gasteiger partial charge < -0.3 is 4.42 Å². The molecule has 5 nitrogen and oxygen atoms in total. The molecule has 23 heavy (non-hydrogen) atoms. The highest BCUT2D eigenvalue weighted by molar-refractivity contribution is 5.77.